The number of carbonyl (C=O) groups is 3. The minimum Gasteiger partial charge on any atom is -0.345 e. The van der Waals surface area contributed by atoms with Crippen LogP contribution in [0.5, 0.6) is 0 Å². The summed E-state index contributed by atoms with van der Waals surface area (Å²) < 4.78 is 13.2. The molecule has 1 aliphatic heterocycles. The van der Waals surface area contributed by atoms with Crippen LogP contribution in [0.25, 0.3) is 11.0 Å². The summed E-state index contributed by atoms with van der Waals surface area (Å²) in [6, 6.07) is 3.13. The molecule has 1 saturated heterocycles. The number of carbonyl (C=O) groups excluding carboxylic acids is 3. The van der Waals surface area contributed by atoms with Gasteiger partial charge in [0.05, 0.1) is 11.0 Å². The highest BCUT2D eigenvalue weighted by Crippen LogP contribution is 2.13. The third-order valence-electron chi connectivity index (χ3n) is 4.11. The van der Waals surface area contributed by atoms with Gasteiger partial charge in [0.15, 0.2) is 0 Å². The quantitative estimate of drug-likeness (QED) is 0.668. The Kier molecular flexibility index (Phi) is 4.64. The maximum atomic E-state index is 13.2. The second kappa shape index (κ2) is 6.88. The van der Waals surface area contributed by atoms with E-state index in [1.54, 1.807) is 18.0 Å². The molecule has 1 aliphatic rings. The Morgan fingerprint density at radius 1 is 1.36 bits per heavy atom. The van der Waals surface area contributed by atoms with Gasteiger partial charge in [-0.3, -0.25) is 14.9 Å². The maximum Gasteiger partial charge on any atom is 0.322 e. The highest BCUT2D eigenvalue weighted by Gasteiger charge is 2.29. The number of likely N-dealkylation sites (N-methyl/N-ethyl adjacent to an activating group) is 1. The summed E-state index contributed by atoms with van der Waals surface area (Å²) >= 11 is 0. The maximum absolute atomic E-state index is 13.2. The fraction of sp³-hybridized carbons (Fsp3) is 0.375. The number of hydrogen-bond donors (Lipinski definition) is 3. The van der Waals surface area contributed by atoms with Gasteiger partial charge in [-0.25, -0.2) is 14.2 Å². The average molecular weight is 347 g/mol. The molecule has 3 N–H and O–H groups in total. The Morgan fingerprint density at radius 2 is 2.16 bits per heavy atom. The summed E-state index contributed by atoms with van der Waals surface area (Å²) in [6.07, 6.45) is 0.907. The minimum absolute atomic E-state index is 0.129. The van der Waals surface area contributed by atoms with Crippen LogP contribution in [0, 0.1) is 5.82 Å². The molecule has 0 saturated carbocycles. The summed E-state index contributed by atoms with van der Waals surface area (Å²) in [7, 11) is 1.66. The van der Waals surface area contributed by atoms with Gasteiger partial charge >= 0.3 is 6.03 Å². The molecule has 0 bridgehead atoms. The van der Waals surface area contributed by atoms with Crippen LogP contribution in [0.2, 0.25) is 0 Å². The van der Waals surface area contributed by atoms with E-state index in [0.29, 0.717) is 29.8 Å². The van der Waals surface area contributed by atoms with Gasteiger partial charge in [0.1, 0.15) is 17.7 Å². The lowest BCUT2D eigenvalue weighted by Crippen LogP contribution is -2.33. The molecule has 8 nitrogen and oxygen atoms in total. The van der Waals surface area contributed by atoms with Crippen LogP contribution in [0.15, 0.2) is 18.2 Å². The van der Waals surface area contributed by atoms with E-state index in [4.69, 9.17) is 0 Å². The van der Waals surface area contributed by atoms with Gasteiger partial charge in [0, 0.05) is 26.4 Å². The number of fused-ring (bicyclic) bond motifs is 1. The van der Waals surface area contributed by atoms with Crippen molar-refractivity contribution in [2.75, 3.05) is 13.6 Å². The molecule has 1 aromatic carbocycles. The second-order valence-corrected chi connectivity index (χ2v) is 5.96. The first-order chi connectivity index (χ1) is 11.9. The van der Waals surface area contributed by atoms with Gasteiger partial charge in [-0.15, -0.1) is 0 Å². The van der Waals surface area contributed by atoms with Crippen molar-refractivity contribution in [2.24, 2.45) is 0 Å². The van der Waals surface area contributed by atoms with Crippen LogP contribution in [0.3, 0.4) is 0 Å². The molecule has 132 valence electrons. The minimum atomic E-state index is -0.657. The number of halogens is 1. The normalized spacial score (nSPS) is 16.8. The number of rotatable bonds is 6. The monoisotopic (exact) mass is 347 g/mol. The predicted molar refractivity (Wildman–Crippen MR) is 87.1 cm³/mol. The topological polar surface area (TPSA) is 107 Å². The van der Waals surface area contributed by atoms with Crippen molar-refractivity contribution in [1.29, 1.82) is 0 Å². The number of amides is 4. The molecule has 2 aromatic rings. The molecule has 0 radical (unpaired) electrons. The molecule has 1 atom stereocenters. The van der Waals surface area contributed by atoms with Gasteiger partial charge in [-0.05, 0) is 24.6 Å². The molecule has 0 aliphatic carbocycles. The predicted octanol–water partition coefficient (Wildman–Crippen LogP) is 0.691. The third-order valence-corrected chi connectivity index (χ3v) is 4.11. The number of aromatic nitrogens is 2. The molecule has 0 unspecified atom stereocenters. The van der Waals surface area contributed by atoms with Crippen LogP contribution in [0.1, 0.15) is 18.7 Å². The first kappa shape index (κ1) is 16.9. The van der Waals surface area contributed by atoms with Crippen molar-refractivity contribution >= 4 is 28.9 Å². The first-order valence-corrected chi connectivity index (χ1v) is 7.92. The highest BCUT2D eigenvalue weighted by atomic mass is 19.1. The SMILES string of the molecule is CN(CCc1nc2ccc(F)cc2[nH]1)C(=O)CC[C@@H]1NC(=O)NC1=O. The Morgan fingerprint density at radius 3 is 2.88 bits per heavy atom. The fourth-order valence-electron chi connectivity index (χ4n) is 2.67. The van der Waals surface area contributed by atoms with Gasteiger partial charge in [0.2, 0.25) is 5.91 Å². The van der Waals surface area contributed by atoms with E-state index in [-0.39, 0.29) is 24.6 Å². The van der Waals surface area contributed by atoms with Crippen molar-refractivity contribution in [3.05, 3.63) is 29.8 Å². The molecular formula is C16H18FN5O3. The summed E-state index contributed by atoms with van der Waals surface area (Å²) in [6.45, 7) is 0.435. The lowest BCUT2D eigenvalue weighted by molar-refractivity contribution is -0.130. The van der Waals surface area contributed by atoms with Crippen LogP contribution in [-0.2, 0) is 16.0 Å². The Bertz CT molecular complexity index is 834. The largest absolute Gasteiger partial charge is 0.345 e. The summed E-state index contributed by atoms with van der Waals surface area (Å²) in [5.41, 5.74) is 1.29. The fourth-order valence-corrected chi connectivity index (χ4v) is 2.67. The number of imide groups is 1. The molecular weight excluding hydrogens is 329 g/mol. The van der Waals surface area contributed by atoms with E-state index in [0.717, 1.165) is 0 Å². The molecule has 9 heteroatoms. The van der Waals surface area contributed by atoms with Gasteiger partial charge in [-0.2, -0.15) is 0 Å². The Labute approximate surface area is 142 Å². The standard InChI is InChI=1S/C16H18FN5O3/c1-22(14(23)5-4-11-15(24)21-16(25)20-11)7-6-13-18-10-3-2-9(17)8-12(10)19-13/h2-3,8,11H,4-7H2,1H3,(H,18,19)(H2,20,21,24,25)/t11-/m0/s1. The van der Waals surface area contributed by atoms with E-state index in [9.17, 15) is 18.8 Å². The Hall–Kier alpha value is -2.97. The first-order valence-electron chi connectivity index (χ1n) is 7.92. The molecule has 25 heavy (non-hydrogen) atoms. The van der Waals surface area contributed by atoms with Crippen molar-refractivity contribution in [3.8, 4) is 0 Å². The lowest BCUT2D eigenvalue weighted by atomic mass is 10.1. The van der Waals surface area contributed by atoms with Crippen molar-refractivity contribution in [1.82, 2.24) is 25.5 Å². The van der Waals surface area contributed by atoms with Crippen LogP contribution in [0.4, 0.5) is 9.18 Å². The van der Waals surface area contributed by atoms with Crippen LogP contribution >= 0.6 is 0 Å². The smallest absolute Gasteiger partial charge is 0.322 e. The van der Waals surface area contributed by atoms with Gasteiger partial charge in [0.25, 0.3) is 5.91 Å². The third kappa shape index (κ3) is 3.93. The second-order valence-electron chi connectivity index (χ2n) is 5.96. The molecule has 3 rings (SSSR count). The number of nitrogens with one attached hydrogen (secondary N) is 3. The van der Waals surface area contributed by atoms with Crippen molar-refractivity contribution in [3.63, 3.8) is 0 Å². The zero-order valence-corrected chi connectivity index (χ0v) is 13.6. The van der Waals surface area contributed by atoms with E-state index in [1.807, 2.05) is 0 Å². The number of urea groups is 1. The lowest BCUT2D eigenvalue weighted by Gasteiger charge is -2.17. The molecule has 4 amide bonds. The average Bonchev–Trinajstić information content (AvgIpc) is 3.11. The number of nitrogens with zero attached hydrogens (tertiary/aromatic N) is 2. The number of H-pyrrole nitrogens is 1. The Balaban J connectivity index is 1.49. The highest BCUT2D eigenvalue weighted by molar-refractivity contribution is 6.04. The van der Waals surface area contributed by atoms with Crippen LogP contribution < -0.4 is 10.6 Å². The van der Waals surface area contributed by atoms with E-state index < -0.39 is 18.0 Å². The molecule has 1 aromatic heterocycles. The zero-order valence-electron chi connectivity index (χ0n) is 13.6. The number of imidazole rings is 1. The van der Waals surface area contributed by atoms with Crippen molar-refractivity contribution in [2.45, 2.75) is 25.3 Å². The summed E-state index contributed by atoms with van der Waals surface area (Å²) in [4.78, 5) is 43.5. The van der Waals surface area contributed by atoms with Crippen molar-refractivity contribution < 1.29 is 18.8 Å². The van der Waals surface area contributed by atoms with Gasteiger partial charge < -0.3 is 15.2 Å². The van der Waals surface area contributed by atoms with E-state index in [2.05, 4.69) is 20.6 Å². The summed E-state index contributed by atoms with van der Waals surface area (Å²) in [5, 5.41) is 4.59. The number of hydrogen-bond acceptors (Lipinski definition) is 4. The van der Waals surface area contributed by atoms with Crippen LogP contribution in [-0.4, -0.2) is 52.3 Å². The zero-order chi connectivity index (χ0) is 18.0. The van der Waals surface area contributed by atoms with E-state index >= 15 is 0 Å². The number of benzene rings is 1. The number of aromatic amines is 1. The molecule has 1 fully saturated rings. The molecule has 0 spiro atoms. The summed E-state index contributed by atoms with van der Waals surface area (Å²) in [5.74, 6) is -0.202. The van der Waals surface area contributed by atoms with Gasteiger partial charge in [-0.1, -0.05) is 0 Å². The molecule has 2 heterocycles. The van der Waals surface area contributed by atoms with E-state index in [1.165, 1.54) is 12.1 Å².